The summed E-state index contributed by atoms with van der Waals surface area (Å²) in [4.78, 5) is 12.5. The second-order valence-electron chi connectivity index (χ2n) is 12.9. The Labute approximate surface area is 291 Å². The fourth-order valence-corrected chi connectivity index (χ4v) is 7.15. The lowest BCUT2D eigenvalue weighted by Crippen LogP contribution is -2.37. The van der Waals surface area contributed by atoms with Gasteiger partial charge in [0.25, 0.3) is 0 Å². The largest absolute Gasteiger partial charge is 0.399 e. The van der Waals surface area contributed by atoms with E-state index in [2.05, 4.69) is 65.0 Å². The minimum Gasteiger partial charge on any atom is -0.399 e. The molecular weight excluding hydrogens is 619 g/mol. The summed E-state index contributed by atoms with van der Waals surface area (Å²) in [5.41, 5.74) is 36.1. The monoisotopic (exact) mass is 657 g/mol. The van der Waals surface area contributed by atoms with Gasteiger partial charge in [0.05, 0.1) is 18.2 Å². The van der Waals surface area contributed by atoms with Crippen LogP contribution < -0.4 is 38.5 Å². The lowest BCUT2D eigenvalue weighted by molar-refractivity contribution is 0.623. The summed E-state index contributed by atoms with van der Waals surface area (Å²) in [5, 5.41) is 7.14. The van der Waals surface area contributed by atoms with Crippen LogP contribution in [0.3, 0.4) is 0 Å². The van der Waals surface area contributed by atoms with Gasteiger partial charge in [-0.2, -0.15) is 0 Å². The number of aliphatic imine (C=N–C) groups is 2. The van der Waals surface area contributed by atoms with Crippen LogP contribution >= 0.6 is 0 Å². The topological polar surface area (TPSA) is 156 Å². The summed E-state index contributed by atoms with van der Waals surface area (Å²) in [7, 11) is 0. The molecule has 0 spiro atoms. The predicted octanol–water partition coefficient (Wildman–Crippen LogP) is 6.46. The minimum absolute atomic E-state index is 0.0918. The number of allylic oxidation sites excluding steroid dienone is 2. The molecule has 10 N–H and O–H groups in total. The molecule has 3 atom stereocenters. The quantitative estimate of drug-likeness (QED) is 0.114. The summed E-state index contributed by atoms with van der Waals surface area (Å²) in [6, 6.07) is 36.3. The van der Waals surface area contributed by atoms with Gasteiger partial charge in [-0.15, -0.1) is 0 Å². The molecule has 2 heterocycles. The minimum atomic E-state index is -0.621. The van der Waals surface area contributed by atoms with Crippen LogP contribution in [0.4, 0.5) is 28.4 Å². The summed E-state index contributed by atoms with van der Waals surface area (Å²) in [6.45, 7) is 2.18. The van der Waals surface area contributed by atoms with Crippen molar-refractivity contribution in [3.05, 3.63) is 150 Å². The van der Waals surface area contributed by atoms with E-state index in [-0.39, 0.29) is 18.2 Å². The first-order chi connectivity index (χ1) is 24.3. The van der Waals surface area contributed by atoms with Gasteiger partial charge >= 0.3 is 0 Å². The number of nitrogen functional groups attached to an aromatic ring is 4. The van der Waals surface area contributed by atoms with Crippen LogP contribution in [0, 0.1) is 0 Å². The van der Waals surface area contributed by atoms with Gasteiger partial charge in [-0.25, -0.2) is 9.98 Å². The van der Waals surface area contributed by atoms with E-state index >= 15 is 0 Å². The van der Waals surface area contributed by atoms with E-state index in [1.807, 2.05) is 84.9 Å². The van der Waals surface area contributed by atoms with Crippen LogP contribution in [0.5, 0.6) is 0 Å². The molecule has 1 fully saturated rings. The van der Waals surface area contributed by atoms with E-state index in [0.717, 1.165) is 44.6 Å². The molecule has 3 aliphatic rings. The molecule has 248 valence electrons. The molecule has 8 rings (SSSR count). The Morgan fingerprint density at radius 1 is 0.600 bits per heavy atom. The zero-order chi connectivity index (χ0) is 34.4. The van der Waals surface area contributed by atoms with Gasteiger partial charge in [0.2, 0.25) is 0 Å². The number of hydrogen-bond acceptors (Lipinski definition) is 9. The molecule has 1 aliphatic carbocycles. The normalized spacial score (nSPS) is 19.9. The number of nitrogens with two attached hydrogens (primary N) is 4. The third-order valence-electron chi connectivity index (χ3n) is 9.60. The molecule has 5 aromatic rings. The molecule has 0 radical (unpaired) electrons. The van der Waals surface area contributed by atoms with Gasteiger partial charge in [0, 0.05) is 61.8 Å². The average molecular weight is 658 g/mol. The van der Waals surface area contributed by atoms with Crippen molar-refractivity contribution in [2.45, 2.75) is 31.3 Å². The number of fused-ring (bicyclic) bond motifs is 1. The first kappa shape index (κ1) is 31.0. The Kier molecular flexibility index (Phi) is 7.81. The maximum absolute atomic E-state index is 6.72. The van der Waals surface area contributed by atoms with Crippen molar-refractivity contribution >= 4 is 40.1 Å². The Hall–Kier alpha value is -6.32. The number of nitrogens with one attached hydrogen (secondary N) is 2. The zero-order valence-electron chi connectivity index (χ0n) is 27.7. The highest BCUT2D eigenvalue weighted by Crippen LogP contribution is 2.43. The second-order valence-corrected chi connectivity index (χ2v) is 12.9. The number of amidine groups is 2. The van der Waals surface area contributed by atoms with Crippen molar-refractivity contribution in [1.29, 1.82) is 0 Å². The summed E-state index contributed by atoms with van der Waals surface area (Å²) >= 11 is 0. The summed E-state index contributed by atoms with van der Waals surface area (Å²) in [5.74, 6) is 1.41. The fraction of sp³-hybridized carbons (Fsp3) is 0.122. The second kappa shape index (κ2) is 12.6. The Morgan fingerprint density at radius 3 is 1.96 bits per heavy atom. The molecule has 5 aromatic carbocycles. The number of rotatable bonds is 6. The first-order valence-corrected chi connectivity index (χ1v) is 16.8. The number of hydrogen-bond donors (Lipinski definition) is 6. The molecule has 9 nitrogen and oxygen atoms in total. The van der Waals surface area contributed by atoms with E-state index in [1.165, 1.54) is 0 Å². The first-order valence-electron chi connectivity index (χ1n) is 16.8. The van der Waals surface area contributed by atoms with Crippen LogP contribution in [0.2, 0.25) is 0 Å². The van der Waals surface area contributed by atoms with Crippen molar-refractivity contribution in [2.75, 3.05) is 27.8 Å². The van der Waals surface area contributed by atoms with Crippen LogP contribution in [0.25, 0.3) is 22.3 Å². The van der Waals surface area contributed by atoms with E-state index in [9.17, 15) is 0 Å². The summed E-state index contributed by atoms with van der Waals surface area (Å²) in [6.07, 6.45) is 8.10. The number of anilines is 5. The van der Waals surface area contributed by atoms with Gasteiger partial charge in [-0.05, 0) is 48.9 Å². The molecule has 9 heteroatoms. The summed E-state index contributed by atoms with van der Waals surface area (Å²) < 4.78 is 0. The van der Waals surface area contributed by atoms with Crippen LogP contribution in [0.15, 0.2) is 143 Å². The van der Waals surface area contributed by atoms with Gasteiger partial charge in [0.1, 0.15) is 11.7 Å². The Morgan fingerprint density at radius 2 is 1.26 bits per heavy atom. The average Bonchev–Trinajstić information content (AvgIpc) is 3.48. The van der Waals surface area contributed by atoms with E-state index in [1.54, 1.807) is 6.07 Å². The van der Waals surface area contributed by atoms with Crippen LogP contribution in [-0.2, 0) is 0 Å². The molecule has 0 bridgehead atoms. The third-order valence-corrected chi connectivity index (χ3v) is 9.60. The molecule has 0 amide bonds. The lowest BCUT2D eigenvalue weighted by Gasteiger charge is -2.32. The van der Waals surface area contributed by atoms with Gasteiger partial charge in [-0.1, -0.05) is 97.1 Å². The Balaban J connectivity index is 1.23. The Bertz CT molecular complexity index is 2150. The molecule has 3 unspecified atom stereocenters. The maximum Gasteiger partial charge on any atom is 0.171 e. The molecule has 2 aliphatic heterocycles. The van der Waals surface area contributed by atoms with Gasteiger partial charge in [0.15, 0.2) is 6.17 Å². The highest BCUT2D eigenvalue weighted by Gasteiger charge is 2.37. The molecular formula is C41H39N9. The van der Waals surface area contributed by atoms with E-state index in [4.69, 9.17) is 32.9 Å². The van der Waals surface area contributed by atoms with E-state index < -0.39 is 6.17 Å². The van der Waals surface area contributed by atoms with Crippen LogP contribution in [0.1, 0.15) is 29.8 Å². The van der Waals surface area contributed by atoms with Crippen LogP contribution in [-0.4, -0.2) is 29.9 Å². The SMILES string of the molecule is CC1NC2C=CC=CC2N1c1cc(N)ccc1-c1ccc(N)c(-c2cc(C3N=C(c4ccccc4)NC(c4ccccc4)=N3)c(N)cc2N)c1. The number of nitrogens with zero attached hydrogens (tertiary/aromatic N) is 3. The molecule has 0 saturated carbocycles. The third kappa shape index (κ3) is 5.63. The van der Waals surface area contributed by atoms with Gasteiger partial charge < -0.3 is 33.2 Å². The number of benzene rings is 5. The van der Waals surface area contributed by atoms with Crippen molar-refractivity contribution in [3.8, 4) is 22.3 Å². The van der Waals surface area contributed by atoms with Gasteiger partial charge in [-0.3, -0.25) is 5.32 Å². The van der Waals surface area contributed by atoms with Crippen molar-refractivity contribution < 1.29 is 0 Å². The molecule has 1 saturated heterocycles. The predicted molar refractivity (Wildman–Crippen MR) is 208 cm³/mol. The molecule has 0 aromatic heterocycles. The lowest BCUT2D eigenvalue weighted by atomic mass is 9.93. The highest BCUT2D eigenvalue weighted by molar-refractivity contribution is 6.16. The standard InChI is InChI=1S/C41H39N9/c1-24-46-36-14-8-9-15-37(36)50(24)38-21-28(42)17-18-29(38)27-16-19-33(43)30(20-27)31-22-32(35(45)23-34(31)44)41-48-39(25-10-4-2-5-11-25)47-40(49-41)26-12-6-3-7-13-26/h2-24,36-37,41,46H,42-45H2,1H3,(H,47,48,49). The maximum atomic E-state index is 6.72. The van der Waals surface area contributed by atoms with Crippen molar-refractivity contribution in [1.82, 2.24) is 10.6 Å². The fourth-order valence-electron chi connectivity index (χ4n) is 7.15. The molecule has 50 heavy (non-hydrogen) atoms. The van der Waals surface area contributed by atoms with Crippen molar-refractivity contribution in [2.24, 2.45) is 9.98 Å². The van der Waals surface area contributed by atoms with E-state index in [0.29, 0.717) is 34.4 Å². The zero-order valence-corrected chi connectivity index (χ0v) is 27.7. The van der Waals surface area contributed by atoms with Crippen molar-refractivity contribution in [3.63, 3.8) is 0 Å². The smallest absolute Gasteiger partial charge is 0.171 e. The highest BCUT2D eigenvalue weighted by atomic mass is 15.4.